The second-order valence-corrected chi connectivity index (χ2v) is 9.88. The van der Waals surface area contributed by atoms with Crippen molar-refractivity contribution in [2.75, 3.05) is 32.1 Å². The van der Waals surface area contributed by atoms with Crippen LogP contribution >= 0.6 is 27.3 Å². The van der Waals surface area contributed by atoms with Crippen LogP contribution in [0.15, 0.2) is 70.5 Å². The number of halogens is 1. The Morgan fingerprint density at radius 2 is 1.74 bits per heavy atom. The SMILES string of the molecule is COCCCN(CC(=O)N(Cc1ccccc1)Cc1sccc1C)C(=O)Nc1ccc(Br)cc1. The minimum absolute atomic E-state index is 0.0106. The van der Waals surface area contributed by atoms with Crippen LogP contribution in [0, 0.1) is 6.92 Å². The highest BCUT2D eigenvalue weighted by atomic mass is 79.9. The Balaban J connectivity index is 1.75. The third-order valence-corrected chi connectivity index (χ3v) is 6.89. The second-order valence-electron chi connectivity index (χ2n) is 7.97. The fourth-order valence-electron chi connectivity index (χ4n) is 3.43. The van der Waals surface area contributed by atoms with Gasteiger partial charge in [0.15, 0.2) is 0 Å². The first-order valence-electron chi connectivity index (χ1n) is 11.1. The first-order valence-corrected chi connectivity index (χ1v) is 12.8. The van der Waals surface area contributed by atoms with Gasteiger partial charge >= 0.3 is 6.03 Å². The highest BCUT2D eigenvalue weighted by molar-refractivity contribution is 9.10. The summed E-state index contributed by atoms with van der Waals surface area (Å²) in [4.78, 5) is 31.1. The summed E-state index contributed by atoms with van der Waals surface area (Å²) >= 11 is 5.05. The summed E-state index contributed by atoms with van der Waals surface area (Å²) in [5.74, 6) is -0.0972. The number of benzene rings is 2. The molecule has 0 fully saturated rings. The lowest BCUT2D eigenvalue weighted by molar-refractivity contribution is -0.133. The molecule has 0 bridgehead atoms. The molecule has 0 saturated carbocycles. The number of aryl methyl sites for hydroxylation is 1. The van der Waals surface area contributed by atoms with Gasteiger partial charge in [-0.3, -0.25) is 4.79 Å². The molecular formula is C26H30BrN3O3S. The number of anilines is 1. The molecule has 0 aliphatic rings. The minimum Gasteiger partial charge on any atom is -0.385 e. The Kier molecular flexibility index (Phi) is 10.1. The van der Waals surface area contributed by atoms with Crippen molar-refractivity contribution in [1.82, 2.24) is 9.80 Å². The van der Waals surface area contributed by atoms with Crippen molar-refractivity contribution in [2.24, 2.45) is 0 Å². The van der Waals surface area contributed by atoms with Gasteiger partial charge in [-0.15, -0.1) is 11.3 Å². The van der Waals surface area contributed by atoms with Crippen LogP contribution in [0.2, 0.25) is 0 Å². The lowest BCUT2D eigenvalue weighted by atomic mass is 10.2. The maximum atomic E-state index is 13.5. The molecule has 0 radical (unpaired) electrons. The highest BCUT2D eigenvalue weighted by Crippen LogP contribution is 2.20. The molecule has 180 valence electrons. The standard InChI is InChI=1S/C26H30BrN3O3S/c1-20-13-16-34-24(20)18-30(17-21-7-4-3-5-8-21)25(31)19-29(14-6-15-33-2)26(32)28-23-11-9-22(27)10-12-23/h3-5,7-13,16H,6,14-15,17-19H2,1-2H3,(H,28,32). The number of rotatable bonds is 11. The van der Waals surface area contributed by atoms with Gasteiger partial charge in [-0.2, -0.15) is 0 Å². The summed E-state index contributed by atoms with van der Waals surface area (Å²) in [5, 5.41) is 4.94. The first kappa shape index (κ1) is 25.9. The predicted molar refractivity (Wildman–Crippen MR) is 141 cm³/mol. The van der Waals surface area contributed by atoms with Crippen molar-refractivity contribution in [2.45, 2.75) is 26.4 Å². The summed E-state index contributed by atoms with van der Waals surface area (Å²) in [6, 6.07) is 19.0. The average Bonchev–Trinajstić information content (AvgIpc) is 3.24. The number of carbonyl (C=O) groups excluding carboxylic acids is 2. The summed E-state index contributed by atoms with van der Waals surface area (Å²) in [5.41, 5.74) is 2.89. The molecule has 0 saturated heterocycles. The summed E-state index contributed by atoms with van der Waals surface area (Å²) in [6.45, 7) is 3.97. The molecule has 0 atom stereocenters. The van der Waals surface area contributed by atoms with Crippen LogP contribution in [0.5, 0.6) is 0 Å². The molecule has 3 aromatic rings. The molecule has 0 unspecified atom stereocenters. The van der Waals surface area contributed by atoms with E-state index in [4.69, 9.17) is 4.74 Å². The molecule has 3 amide bonds. The topological polar surface area (TPSA) is 61.9 Å². The summed E-state index contributed by atoms with van der Waals surface area (Å²) in [7, 11) is 1.63. The molecule has 1 heterocycles. The number of thiophene rings is 1. The molecule has 6 nitrogen and oxygen atoms in total. The first-order chi connectivity index (χ1) is 16.5. The smallest absolute Gasteiger partial charge is 0.322 e. The van der Waals surface area contributed by atoms with Crippen molar-refractivity contribution < 1.29 is 14.3 Å². The largest absolute Gasteiger partial charge is 0.385 e. The van der Waals surface area contributed by atoms with E-state index < -0.39 is 0 Å². The van der Waals surface area contributed by atoms with E-state index in [0.29, 0.717) is 38.3 Å². The van der Waals surface area contributed by atoms with Crippen molar-refractivity contribution in [3.05, 3.63) is 86.5 Å². The number of ether oxygens (including phenoxy) is 1. The van der Waals surface area contributed by atoms with Crippen LogP contribution in [-0.4, -0.2) is 48.5 Å². The van der Waals surface area contributed by atoms with Crippen LogP contribution in [0.1, 0.15) is 22.4 Å². The number of methoxy groups -OCH3 is 1. The van der Waals surface area contributed by atoms with Crippen LogP contribution in [0.3, 0.4) is 0 Å². The fourth-order valence-corrected chi connectivity index (χ4v) is 4.61. The number of amides is 3. The molecule has 3 rings (SSSR count). The van der Waals surface area contributed by atoms with Crippen LogP contribution in [0.4, 0.5) is 10.5 Å². The van der Waals surface area contributed by atoms with Gasteiger partial charge < -0.3 is 19.9 Å². The van der Waals surface area contributed by atoms with Crippen LogP contribution in [-0.2, 0) is 22.6 Å². The molecule has 1 N–H and O–H groups in total. The Labute approximate surface area is 213 Å². The number of urea groups is 1. The minimum atomic E-state index is -0.307. The van der Waals surface area contributed by atoms with E-state index in [9.17, 15) is 9.59 Å². The van der Waals surface area contributed by atoms with Gasteiger partial charge in [0.1, 0.15) is 6.54 Å². The second kappa shape index (κ2) is 13.3. The lowest BCUT2D eigenvalue weighted by Gasteiger charge is -2.28. The van der Waals surface area contributed by atoms with E-state index in [1.165, 1.54) is 5.56 Å². The van der Waals surface area contributed by atoms with E-state index in [1.807, 2.05) is 64.9 Å². The third-order valence-electron chi connectivity index (χ3n) is 5.36. The van der Waals surface area contributed by atoms with Gasteiger partial charge in [0, 0.05) is 41.8 Å². The van der Waals surface area contributed by atoms with Crippen LogP contribution in [0.25, 0.3) is 0 Å². The molecule has 34 heavy (non-hydrogen) atoms. The number of hydrogen-bond acceptors (Lipinski definition) is 4. The fraction of sp³-hybridized carbons (Fsp3) is 0.308. The summed E-state index contributed by atoms with van der Waals surface area (Å²) < 4.78 is 6.09. The van der Waals surface area contributed by atoms with E-state index in [-0.39, 0.29) is 18.5 Å². The maximum Gasteiger partial charge on any atom is 0.322 e. The lowest BCUT2D eigenvalue weighted by Crippen LogP contribution is -2.44. The number of nitrogens with one attached hydrogen (secondary N) is 1. The number of nitrogens with zero attached hydrogens (tertiary/aromatic N) is 2. The van der Waals surface area contributed by atoms with Crippen molar-refractivity contribution >= 4 is 44.9 Å². The van der Waals surface area contributed by atoms with Gasteiger partial charge in [0.05, 0.1) is 6.54 Å². The van der Waals surface area contributed by atoms with E-state index in [1.54, 1.807) is 23.3 Å². The van der Waals surface area contributed by atoms with E-state index >= 15 is 0 Å². The third kappa shape index (κ3) is 7.97. The monoisotopic (exact) mass is 543 g/mol. The molecule has 0 aliphatic carbocycles. The number of carbonyl (C=O) groups is 2. The number of hydrogen-bond donors (Lipinski definition) is 1. The molecule has 1 aromatic heterocycles. The zero-order valence-electron chi connectivity index (χ0n) is 19.5. The molecule has 0 aliphatic heterocycles. The highest BCUT2D eigenvalue weighted by Gasteiger charge is 2.22. The van der Waals surface area contributed by atoms with Gasteiger partial charge in [0.25, 0.3) is 0 Å². The van der Waals surface area contributed by atoms with Crippen molar-refractivity contribution in [3.63, 3.8) is 0 Å². The van der Waals surface area contributed by atoms with E-state index in [2.05, 4.69) is 34.2 Å². The normalized spacial score (nSPS) is 10.7. The zero-order valence-corrected chi connectivity index (χ0v) is 21.9. The molecule has 8 heteroatoms. The zero-order chi connectivity index (χ0) is 24.3. The Hall–Kier alpha value is -2.68. The van der Waals surface area contributed by atoms with Gasteiger partial charge in [-0.05, 0) is 60.2 Å². The molecule has 0 spiro atoms. The van der Waals surface area contributed by atoms with Gasteiger partial charge in [0.2, 0.25) is 5.91 Å². The van der Waals surface area contributed by atoms with Crippen molar-refractivity contribution in [1.29, 1.82) is 0 Å². The molecular weight excluding hydrogens is 514 g/mol. The average molecular weight is 545 g/mol. The summed E-state index contributed by atoms with van der Waals surface area (Å²) in [6.07, 6.45) is 0.639. The van der Waals surface area contributed by atoms with E-state index in [0.717, 1.165) is 14.9 Å². The molecule has 2 aromatic carbocycles. The maximum absolute atomic E-state index is 13.5. The Morgan fingerprint density at radius 3 is 2.38 bits per heavy atom. The van der Waals surface area contributed by atoms with Gasteiger partial charge in [-0.1, -0.05) is 46.3 Å². The predicted octanol–water partition coefficient (Wildman–Crippen LogP) is 5.92. The Bertz CT molecular complexity index is 1060. The van der Waals surface area contributed by atoms with Gasteiger partial charge in [-0.25, -0.2) is 4.79 Å². The van der Waals surface area contributed by atoms with Crippen LogP contribution < -0.4 is 5.32 Å². The van der Waals surface area contributed by atoms with Crippen molar-refractivity contribution in [3.8, 4) is 0 Å². The Morgan fingerprint density at radius 1 is 1.00 bits per heavy atom. The quantitative estimate of drug-likeness (QED) is 0.305.